The molecule has 0 N–H and O–H groups in total. The second-order valence-corrected chi connectivity index (χ2v) is 16.9. The molecule has 0 bridgehead atoms. The Hall–Kier alpha value is -1.03. The van der Waals surface area contributed by atoms with Crippen LogP contribution in [0.25, 0.3) is 0 Å². The zero-order valence-corrected chi connectivity index (χ0v) is 20.3. The van der Waals surface area contributed by atoms with Crippen molar-refractivity contribution in [1.82, 2.24) is 0 Å². The first kappa shape index (κ1) is 21.7. The molecule has 0 unspecified atom stereocenters. The van der Waals surface area contributed by atoms with Crippen molar-refractivity contribution >= 4 is 20.1 Å². The normalized spacial score (nSPS) is 25.5. The lowest BCUT2D eigenvalue weighted by Gasteiger charge is -2.58. The SMILES string of the molecule is C[C@@H]1[C@@H](Sc2ccccc2)C[Si](C(C)(C)C)(C(C)(C)C)O[C@H]1c1ccccc1. The molecule has 28 heavy (non-hydrogen) atoms. The van der Waals surface area contributed by atoms with Crippen molar-refractivity contribution in [1.29, 1.82) is 0 Å². The molecular formula is C25H36OSSi. The summed E-state index contributed by atoms with van der Waals surface area (Å²) >= 11 is 2.06. The molecule has 1 nitrogen and oxygen atoms in total. The van der Waals surface area contributed by atoms with Gasteiger partial charge in [0.25, 0.3) is 0 Å². The molecule has 0 spiro atoms. The Labute approximate surface area is 177 Å². The zero-order valence-electron chi connectivity index (χ0n) is 18.5. The highest BCUT2D eigenvalue weighted by atomic mass is 32.2. The maximum absolute atomic E-state index is 7.29. The minimum atomic E-state index is -2.11. The molecule has 0 aromatic heterocycles. The first-order valence-corrected chi connectivity index (χ1v) is 13.5. The van der Waals surface area contributed by atoms with Crippen LogP contribution in [0.5, 0.6) is 0 Å². The average molecular weight is 413 g/mol. The second kappa shape index (κ2) is 8.01. The summed E-state index contributed by atoms with van der Waals surface area (Å²) in [7, 11) is -2.11. The molecule has 1 saturated heterocycles. The van der Waals surface area contributed by atoms with Crippen LogP contribution in [-0.4, -0.2) is 13.6 Å². The van der Waals surface area contributed by atoms with Gasteiger partial charge in [0, 0.05) is 10.1 Å². The van der Waals surface area contributed by atoms with Crippen molar-refractivity contribution in [3.63, 3.8) is 0 Å². The molecule has 0 radical (unpaired) electrons. The molecule has 1 aliphatic heterocycles. The Morgan fingerprint density at radius 3 is 1.82 bits per heavy atom. The monoisotopic (exact) mass is 412 g/mol. The largest absolute Gasteiger partial charge is 0.409 e. The summed E-state index contributed by atoms with van der Waals surface area (Å²) in [4.78, 5) is 1.37. The van der Waals surface area contributed by atoms with Crippen molar-refractivity contribution in [3.05, 3.63) is 66.2 Å². The lowest BCUT2D eigenvalue weighted by Crippen LogP contribution is -2.60. The Kier molecular flexibility index (Phi) is 6.20. The van der Waals surface area contributed by atoms with Crippen LogP contribution in [0.2, 0.25) is 16.1 Å². The first-order valence-electron chi connectivity index (χ1n) is 10.5. The molecule has 0 aliphatic carbocycles. The van der Waals surface area contributed by atoms with E-state index in [2.05, 4.69) is 121 Å². The van der Waals surface area contributed by atoms with Crippen molar-refractivity contribution in [3.8, 4) is 0 Å². The first-order chi connectivity index (χ1) is 13.1. The summed E-state index contributed by atoms with van der Waals surface area (Å²) in [5.41, 5.74) is 1.33. The van der Waals surface area contributed by atoms with Gasteiger partial charge in [0.05, 0.1) is 6.10 Å². The fourth-order valence-corrected chi connectivity index (χ4v) is 13.0. The average Bonchev–Trinajstić information content (AvgIpc) is 2.63. The molecule has 3 atom stereocenters. The van der Waals surface area contributed by atoms with E-state index in [1.165, 1.54) is 16.5 Å². The van der Waals surface area contributed by atoms with Crippen molar-refractivity contribution in [2.45, 2.75) is 80.8 Å². The van der Waals surface area contributed by atoms with Crippen LogP contribution in [-0.2, 0) is 4.43 Å². The molecule has 0 saturated carbocycles. The number of hydrogen-bond donors (Lipinski definition) is 0. The van der Waals surface area contributed by atoms with Crippen molar-refractivity contribution in [2.24, 2.45) is 5.92 Å². The zero-order chi connectivity index (χ0) is 20.6. The van der Waals surface area contributed by atoms with E-state index in [0.29, 0.717) is 11.2 Å². The predicted octanol–water partition coefficient (Wildman–Crippen LogP) is 8.10. The van der Waals surface area contributed by atoms with E-state index in [1.54, 1.807) is 0 Å². The third-order valence-electron chi connectivity index (χ3n) is 6.46. The van der Waals surface area contributed by atoms with Gasteiger partial charge < -0.3 is 4.43 Å². The molecule has 152 valence electrons. The van der Waals surface area contributed by atoms with Gasteiger partial charge in [-0.3, -0.25) is 0 Å². The van der Waals surface area contributed by atoms with Gasteiger partial charge in [0.15, 0.2) is 0 Å². The Morgan fingerprint density at radius 1 is 0.821 bits per heavy atom. The van der Waals surface area contributed by atoms with E-state index in [9.17, 15) is 0 Å². The minimum absolute atomic E-state index is 0.168. The van der Waals surface area contributed by atoms with Crippen LogP contribution in [0.15, 0.2) is 65.6 Å². The predicted molar refractivity (Wildman–Crippen MR) is 126 cm³/mol. The van der Waals surface area contributed by atoms with E-state index in [0.717, 1.165) is 0 Å². The number of thioether (sulfide) groups is 1. The van der Waals surface area contributed by atoms with Gasteiger partial charge in [-0.25, -0.2) is 0 Å². The minimum Gasteiger partial charge on any atom is -0.409 e. The van der Waals surface area contributed by atoms with E-state index >= 15 is 0 Å². The molecule has 2 aromatic rings. The van der Waals surface area contributed by atoms with Crippen LogP contribution in [0.3, 0.4) is 0 Å². The molecule has 2 aromatic carbocycles. The highest BCUT2D eigenvalue weighted by Gasteiger charge is 2.60. The maximum Gasteiger partial charge on any atom is 0.205 e. The molecular weight excluding hydrogens is 376 g/mol. The summed E-state index contributed by atoms with van der Waals surface area (Å²) in [5, 5.41) is 0.911. The number of benzene rings is 2. The Bertz CT molecular complexity index is 747. The highest BCUT2D eigenvalue weighted by molar-refractivity contribution is 8.00. The van der Waals surface area contributed by atoms with E-state index in [-0.39, 0.29) is 16.2 Å². The van der Waals surface area contributed by atoms with Crippen LogP contribution in [0.1, 0.15) is 60.1 Å². The van der Waals surface area contributed by atoms with Crippen LogP contribution >= 0.6 is 11.8 Å². The summed E-state index contributed by atoms with van der Waals surface area (Å²) in [6.07, 6.45) is 0.168. The van der Waals surface area contributed by atoms with Crippen molar-refractivity contribution < 1.29 is 4.43 Å². The summed E-state index contributed by atoms with van der Waals surface area (Å²) < 4.78 is 7.29. The van der Waals surface area contributed by atoms with Gasteiger partial charge in [0.1, 0.15) is 0 Å². The van der Waals surface area contributed by atoms with Crippen LogP contribution in [0.4, 0.5) is 0 Å². The molecule has 3 rings (SSSR count). The quantitative estimate of drug-likeness (QED) is 0.471. The standard InChI is InChI=1S/C25H36OSSi/c1-19-22(27-21-16-12-9-13-17-21)18-28(24(2,3)4,25(5,6)7)26-23(19)20-14-10-8-11-15-20/h8-17,19,22-23H,18H2,1-7H3/t19-,22+,23-/m1/s1. The number of hydrogen-bond acceptors (Lipinski definition) is 2. The van der Waals surface area contributed by atoms with E-state index in [4.69, 9.17) is 4.43 Å². The van der Waals surface area contributed by atoms with Crippen LogP contribution < -0.4 is 0 Å². The van der Waals surface area contributed by atoms with Gasteiger partial charge in [-0.2, -0.15) is 0 Å². The second-order valence-electron chi connectivity index (χ2n) is 10.3. The lowest BCUT2D eigenvalue weighted by molar-refractivity contribution is 0.0896. The van der Waals surface area contributed by atoms with Crippen molar-refractivity contribution in [2.75, 3.05) is 0 Å². The van der Waals surface area contributed by atoms with Gasteiger partial charge >= 0.3 is 0 Å². The molecule has 3 heteroatoms. The molecule has 1 aliphatic rings. The maximum atomic E-state index is 7.29. The fraction of sp³-hybridized carbons (Fsp3) is 0.520. The topological polar surface area (TPSA) is 9.23 Å². The van der Waals surface area contributed by atoms with E-state index in [1.807, 2.05) is 0 Å². The third-order valence-corrected chi connectivity index (χ3v) is 14.7. The van der Waals surface area contributed by atoms with E-state index < -0.39 is 8.32 Å². The van der Waals surface area contributed by atoms with Gasteiger partial charge in [-0.05, 0) is 39.7 Å². The fourth-order valence-electron chi connectivity index (χ4n) is 4.96. The van der Waals surface area contributed by atoms with Gasteiger partial charge in [-0.1, -0.05) is 97.0 Å². The molecule has 1 fully saturated rings. The summed E-state index contributed by atoms with van der Waals surface area (Å²) in [5.74, 6) is 0.470. The molecule has 0 amide bonds. The number of rotatable bonds is 3. The smallest absolute Gasteiger partial charge is 0.205 e. The van der Waals surface area contributed by atoms with Gasteiger partial charge in [-0.15, -0.1) is 11.8 Å². The van der Waals surface area contributed by atoms with Crippen LogP contribution in [0, 0.1) is 5.92 Å². The lowest BCUT2D eigenvalue weighted by atomic mass is 9.95. The highest BCUT2D eigenvalue weighted by Crippen LogP contribution is 2.61. The third kappa shape index (κ3) is 4.12. The Morgan fingerprint density at radius 2 is 1.32 bits per heavy atom. The summed E-state index contributed by atoms with van der Waals surface area (Å²) in [6.45, 7) is 16.8. The summed E-state index contributed by atoms with van der Waals surface area (Å²) in [6, 6.07) is 23.0. The molecule has 1 heterocycles. The Balaban J connectivity index is 2.07. The van der Waals surface area contributed by atoms with Gasteiger partial charge in [0.2, 0.25) is 8.32 Å².